The second-order valence-corrected chi connectivity index (χ2v) is 7.28. The molecule has 0 saturated heterocycles. The van der Waals surface area contributed by atoms with Gasteiger partial charge in [0.25, 0.3) is 5.56 Å². The molecule has 1 heterocycles. The number of nitrogens with zero attached hydrogens (tertiary/aromatic N) is 4. The molecule has 0 bridgehead atoms. The monoisotopic (exact) mass is 428 g/mol. The number of likely N-dealkylation sites (N-methyl/N-ethyl adjacent to an activating group) is 1. The van der Waals surface area contributed by atoms with Gasteiger partial charge in [-0.15, -0.1) is 0 Å². The average molecular weight is 428 g/mol. The number of rotatable bonds is 7. The van der Waals surface area contributed by atoms with Gasteiger partial charge in [-0.2, -0.15) is 5.10 Å². The summed E-state index contributed by atoms with van der Waals surface area (Å²) in [6.07, 6.45) is -1.08. The van der Waals surface area contributed by atoms with Crippen LogP contribution in [0.4, 0.5) is 19.3 Å². The molecule has 0 saturated carbocycles. The summed E-state index contributed by atoms with van der Waals surface area (Å²) in [5.41, 5.74) is 1.19. The summed E-state index contributed by atoms with van der Waals surface area (Å²) < 4.78 is 28.3. The molecule has 0 aliphatic rings. The number of halogens is 2. The molecule has 0 fully saturated rings. The summed E-state index contributed by atoms with van der Waals surface area (Å²) in [5.74, 6) is -1.48. The van der Waals surface area contributed by atoms with Crippen LogP contribution in [-0.4, -0.2) is 53.1 Å². The second-order valence-electron chi connectivity index (χ2n) is 7.28. The SMILES string of the molecule is CN(C)CCN(C(=O)O)c1cccc(Cn2nc(-c3cc(F)cc(F)c3)ccc2=O)c1. The topological polar surface area (TPSA) is 78.7 Å². The molecule has 162 valence electrons. The number of carboxylic acid groups (broad SMARTS) is 1. The van der Waals surface area contributed by atoms with Crippen molar-refractivity contribution in [2.75, 3.05) is 32.1 Å². The third kappa shape index (κ3) is 5.73. The van der Waals surface area contributed by atoms with Crippen LogP contribution in [0, 0.1) is 11.6 Å². The molecule has 2 aromatic carbocycles. The van der Waals surface area contributed by atoms with E-state index in [0.29, 0.717) is 17.8 Å². The first kappa shape index (κ1) is 22.1. The molecular weight excluding hydrogens is 406 g/mol. The normalized spacial score (nSPS) is 11.0. The highest BCUT2D eigenvalue weighted by Gasteiger charge is 2.15. The smallest absolute Gasteiger partial charge is 0.411 e. The van der Waals surface area contributed by atoms with E-state index in [4.69, 9.17) is 0 Å². The minimum absolute atomic E-state index is 0.0689. The van der Waals surface area contributed by atoms with Crippen LogP contribution in [0.3, 0.4) is 0 Å². The third-order valence-corrected chi connectivity index (χ3v) is 4.58. The first-order valence-corrected chi connectivity index (χ1v) is 9.52. The van der Waals surface area contributed by atoms with Crippen molar-refractivity contribution in [2.24, 2.45) is 0 Å². The van der Waals surface area contributed by atoms with E-state index in [1.165, 1.54) is 21.7 Å². The van der Waals surface area contributed by atoms with E-state index in [2.05, 4.69) is 5.10 Å². The Morgan fingerprint density at radius 2 is 1.74 bits per heavy atom. The van der Waals surface area contributed by atoms with Gasteiger partial charge in [0.2, 0.25) is 0 Å². The Morgan fingerprint density at radius 3 is 2.39 bits per heavy atom. The van der Waals surface area contributed by atoms with Crippen molar-refractivity contribution in [1.29, 1.82) is 0 Å². The summed E-state index contributed by atoms with van der Waals surface area (Å²) in [6, 6.07) is 12.5. The molecule has 0 unspecified atom stereocenters. The van der Waals surface area contributed by atoms with Crippen LogP contribution < -0.4 is 10.5 Å². The lowest BCUT2D eigenvalue weighted by Crippen LogP contribution is -2.35. The minimum Gasteiger partial charge on any atom is -0.465 e. The van der Waals surface area contributed by atoms with Crippen LogP contribution >= 0.6 is 0 Å². The molecule has 3 rings (SSSR count). The third-order valence-electron chi connectivity index (χ3n) is 4.58. The Labute approximate surface area is 177 Å². The average Bonchev–Trinajstić information content (AvgIpc) is 2.69. The molecule has 0 atom stereocenters. The Bertz CT molecular complexity index is 1130. The van der Waals surface area contributed by atoms with Gasteiger partial charge in [-0.3, -0.25) is 9.69 Å². The highest BCUT2D eigenvalue weighted by Crippen LogP contribution is 2.20. The number of amides is 1. The van der Waals surface area contributed by atoms with Crippen LogP contribution in [-0.2, 0) is 6.54 Å². The van der Waals surface area contributed by atoms with E-state index in [1.54, 1.807) is 24.3 Å². The van der Waals surface area contributed by atoms with E-state index in [9.17, 15) is 23.5 Å². The first-order chi connectivity index (χ1) is 14.7. The highest BCUT2D eigenvalue weighted by atomic mass is 19.1. The quantitative estimate of drug-likeness (QED) is 0.625. The number of hydrogen-bond acceptors (Lipinski definition) is 4. The first-order valence-electron chi connectivity index (χ1n) is 9.52. The second kappa shape index (κ2) is 9.48. The zero-order chi connectivity index (χ0) is 22.5. The van der Waals surface area contributed by atoms with E-state index in [1.807, 2.05) is 19.0 Å². The lowest BCUT2D eigenvalue weighted by molar-refractivity contribution is 0.201. The molecule has 0 spiro atoms. The van der Waals surface area contributed by atoms with Crippen molar-refractivity contribution in [3.05, 3.63) is 82.1 Å². The van der Waals surface area contributed by atoms with Gasteiger partial charge < -0.3 is 10.0 Å². The van der Waals surface area contributed by atoms with E-state index >= 15 is 0 Å². The van der Waals surface area contributed by atoms with Crippen molar-refractivity contribution in [3.8, 4) is 11.3 Å². The molecule has 7 nitrogen and oxygen atoms in total. The van der Waals surface area contributed by atoms with Gasteiger partial charge in [-0.25, -0.2) is 18.3 Å². The van der Waals surface area contributed by atoms with Gasteiger partial charge in [0.05, 0.1) is 12.2 Å². The summed E-state index contributed by atoms with van der Waals surface area (Å²) in [7, 11) is 3.71. The predicted molar refractivity (Wildman–Crippen MR) is 113 cm³/mol. The Balaban J connectivity index is 1.90. The molecule has 0 aliphatic heterocycles. The number of hydrogen-bond donors (Lipinski definition) is 1. The molecule has 1 amide bonds. The highest BCUT2D eigenvalue weighted by molar-refractivity contribution is 5.86. The molecule has 3 aromatic rings. The standard InChI is InChI=1S/C22H22F2N4O3/c1-26(2)8-9-27(22(30)31)19-5-3-4-15(10-19)14-28-21(29)7-6-20(25-28)16-11-17(23)13-18(24)12-16/h3-7,10-13H,8-9,14H2,1-2H3,(H,30,31). The van der Waals surface area contributed by atoms with Crippen molar-refractivity contribution >= 4 is 11.8 Å². The van der Waals surface area contributed by atoms with Gasteiger partial charge in [-0.05, 0) is 50.0 Å². The maximum absolute atomic E-state index is 13.5. The van der Waals surface area contributed by atoms with Gasteiger partial charge >= 0.3 is 6.09 Å². The number of aromatic nitrogens is 2. The summed E-state index contributed by atoms with van der Waals surface area (Å²) >= 11 is 0. The Kier molecular flexibility index (Phi) is 6.76. The van der Waals surface area contributed by atoms with Crippen LogP contribution in [0.2, 0.25) is 0 Å². The van der Waals surface area contributed by atoms with Gasteiger partial charge in [0.1, 0.15) is 11.6 Å². The molecule has 1 aromatic heterocycles. The largest absolute Gasteiger partial charge is 0.465 e. The number of carbonyl (C=O) groups is 1. The fraction of sp³-hybridized carbons (Fsp3) is 0.227. The van der Waals surface area contributed by atoms with Gasteiger partial charge in [0, 0.05) is 36.5 Å². The lowest BCUT2D eigenvalue weighted by atomic mass is 10.1. The maximum Gasteiger partial charge on any atom is 0.411 e. The lowest BCUT2D eigenvalue weighted by Gasteiger charge is -2.22. The molecular formula is C22H22F2N4O3. The van der Waals surface area contributed by atoms with E-state index in [-0.39, 0.29) is 24.3 Å². The van der Waals surface area contributed by atoms with Crippen molar-refractivity contribution in [2.45, 2.75) is 6.54 Å². The van der Waals surface area contributed by atoms with Crippen molar-refractivity contribution < 1.29 is 18.7 Å². The van der Waals surface area contributed by atoms with Gasteiger partial charge in [-0.1, -0.05) is 12.1 Å². The molecule has 0 aliphatic carbocycles. The zero-order valence-electron chi connectivity index (χ0n) is 17.1. The number of benzene rings is 2. The minimum atomic E-state index is -1.08. The molecule has 1 N–H and O–H groups in total. The predicted octanol–water partition coefficient (Wildman–Crippen LogP) is 3.28. The van der Waals surface area contributed by atoms with E-state index < -0.39 is 23.3 Å². The van der Waals surface area contributed by atoms with Crippen LogP contribution in [0.25, 0.3) is 11.3 Å². The zero-order valence-corrected chi connectivity index (χ0v) is 17.1. The molecule has 0 radical (unpaired) electrons. The fourth-order valence-electron chi connectivity index (χ4n) is 3.05. The maximum atomic E-state index is 13.5. The summed E-state index contributed by atoms with van der Waals surface area (Å²) in [6.45, 7) is 0.897. The summed E-state index contributed by atoms with van der Waals surface area (Å²) in [5, 5.41) is 13.8. The van der Waals surface area contributed by atoms with Gasteiger partial charge in [0.15, 0.2) is 0 Å². The fourth-order valence-corrected chi connectivity index (χ4v) is 3.05. The van der Waals surface area contributed by atoms with Crippen molar-refractivity contribution in [1.82, 2.24) is 14.7 Å². The van der Waals surface area contributed by atoms with Crippen LogP contribution in [0.5, 0.6) is 0 Å². The van der Waals surface area contributed by atoms with Crippen molar-refractivity contribution in [3.63, 3.8) is 0 Å². The molecule has 9 heteroatoms. The summed E-state index contributed by atoms with van der Waals surface area (Å²) in [4.78, 5) is 27.1. The van der Waals surface area contributed by atoms with E-state index in [0.717, 1.165) is 18.2 Å². The number of anilines is 1. The van der Waals surface area contributed by atoms with Crippen LogP contribution in [0.15, 0.2) is 59.4 Å². The Hall–Kier alpha value is -3.59. The van der Waals surface area contributed by atoms with Crippen LogP contribution in [0.1, 0.15) is 5.56 Å². The molecule has 31 heavy (non-hydrogen) atoms. The Morgan fingerprint density at radius 1 is 1.03 bits per heavy atom.